The van der Waals surface area contributed by atoms with Crippen LogP contribution < -0.4 is 14.4 Å². The highest BCUT2D eigenvalue weighted by atomic mass is 16.5. The van der Waals surface area contributed by atoms with Crippen molar-refractivity contribution in [1.82, 2.24) is 4.90 Å². The van der Waals surface area contributed by atoms with Gasteiger partial charge in [-0.05, 0) is 6.54 Å². The fourth-order valence-electron chi connectivity index (χ4n) is 2.30. The molecule has 0 radical (unpaired) electrons. The maximum atomic E-state index is 5.31. The molecule has 1 fully saturated rings. The van der Waals surface area contributed by atoms with Crippen LogP contribution in [0.1, 0.15) is 6.92 Å². The molecular weight excluding hydrogens is 228 g/mol. The SMILES string of the molecule is CCN1CCN(c2cc(OC)cc(OC)c2)CC1. The minimum absolute atomic E-state index is 0.849. The molecule has 1 aliphatic rings. The summed E-state index contributed by atoms with van der Waals surface area (Å²) in [7, 11) is 3.38. The highest BCUT2D eigenvalue weighted by Crippen LogP contribution is 2.28. The summed E-state index contributed by atoms with van der Waals surface area (Å²) in [5, 5.41) is 0. The van der Waals surface area contributed by atoms with Crippen LogP contribution >= 0.6 is 0 Å². The standard InChI is InChI=1S/C14H22N2O2/c1-4-15-5-7-16(8-6-15)12-9-13(17-2)11-14(10-12)18-3/h9-11H,4-8H2,1-3H3. The number of piperazine rings is 1. The van der Waals surface area contributed by atoms with Crippen molar-refractivity contribution in [3.05, 3.63) is 18.2 Å². The van der Waals surface area contributed by atoms with E-state index in [1.807, 2.05) is 6.07 Å². The Kier molecular flexibility index (Phi) is 4.31. The van der Waals surface area contributed by atoms with Gasteiger partial charge in [-0.2, -0.15) is 0 Å². The van der Waals surface area contributed by atoms with Gasteiger partial charge in [-0.1, -0.05) is 6.92 Å². The molecule has 0 aliphatic carbocycles. The summed E-state index contributed by atoms with van der Waals surface area (Å²) in [6.07, 6.45) is 0. The highest BCUT2D eigenvalue weighted by Gasteiger charge is 2.17. The molecule has 0 saturated carbocycles. The van der Waals surface area contributed by atoms with E-state index in [0.29, 0.717) is 0 Å². The Labute approximate surface area is 109 Å². The molecular formula is C14H22N2O2. The molecule has 0 bridgehead atoms. The van der Waals surface area contributed by atoms with Gasteiger partial charge in [-0.25, -0.2) is 0 Å². The summed E-state index contributed by atoms with van der Waals surface area (Å²) in [6.45, 7) is 7.71. The summed E-state index contributed by atoms with van der Waals surface area (Å²) in [5.74, 6) is 1.70. The van der Waals surface area contributed by atoms with Crippen LogP contribution in [-0.4, -0.2) is 51.8 Å². The number of likely N-dealkylation sites (N-methyl/N-ethyl adjacent to an activating group) is 1. The van der Waals surface area contributed by atoms with E-state index in [0.717, 1.165) is 44.2 Å². The first-order valence-electron chi connectivity index (χ1n) is 6.47. The van der Waals surface area contributed by atoms with Gasteiger partial charge in [0.05, 0.1) is 14.2 Å². The lowest BCUT2D eigenvalue weighted by atomic mass is 10.2. The number of hydrogen-bond acceptors (Lipinski definition) is 4. The molecule has 1 saturated heterocycles. The zero-order valence-corrected chi connectivity index (χ0v) is 11.5. The van der Waals surface area contributed by atoms with Crippen LogP contribution in [0.15, 0.2) is 18.2 Å². The normalized spacial score (nSPS) is 16.7. The van der Waals surface area contributed by atoms with Crippen molar-refractivity contribution in [1.29, 1.82) is 0 Å². The maximum absolute atomic E-state index is 5.31. The fourth-order valence-corrected chi connectivity index (χ4v) is 2.30. The lowest BCUT2D eigenvalue weighted by molar-refractivity contribution is 0.271. The number of ether oxygens (including phenoxy) is 2. The molecule has 100 valence electrons. The van der Waals surface area contributed by atoms with Gasteiger partial charge in [0.15, 0.2) is 0 Å². The van der Waals surface area contributed by atoms with Crippen LogP contribution in [0.5, 0.6) is 11.5 Å². The quantitative estimate of drug-likeness (QED) is 0.814. The lowest BCUT2D eigenvalue weighted by Crippen LogP contribution is -2.46. The molecule has 4 nitrogen and oxygen atoms in total. The van der Waals surface area contributed by atoms with Crippen molar-refractivity contribution in [3.8, 4) is 11.5 Å². The van der Waals surface area contributed by atoms with Gasteiger partial charge in [-0.15, -0.1) is 0 Å². The molecule has 0 aromatic heterocycles. The van der Waals surface area contributed by atoms with Crippen molar-refractivity contribution < 1.29 is 9.47 Å². The third kappa shape index (κ3) is 2.88. The van der Waals surface area contributed by atoms with Crippen molar-refractivity contribution in [2.24, 2.45) is 0 Å². The van der Waals surface area contributed by atoms with Crippen LogP contribution in [0.3, 0.4) is 0 Å². The molecule has 2 rings (SSSR count). The average Bonchev–Trinajstić information content (AvgIpc) is 2.46. The van der Waals surface area contributed by atoms with Crippen molar-refractivity contribution in [3.63, 3.8) is 0 Å². The van der Waals surface area contributed by atoms with Gasteiger partial charge >= 0.3 is 0 Å². The van der Waals surface area contributed by atoms with Gasteiger partial charge in [0.1, 0.15) is 11.5 Å². The monoisotopic (exact) mass is 250 g/mol. The molecule has 0 amide bonds. The molecule has 1 aliphatic heterocycles. The highest BCUT2D eigenvalue weighted by molar-refractivity contribution is 5.56. The first kappa shape index (κ1) is 13.0. The first-order valence-corrected chi connectivity index (χ1v) is 6.47. The van der Waals surface area contributed by atoms with E-state index < -0.39 is 0 Å². The molecule has 1 heterocycles. The van der Waals surface area contributed by atoms with E-state index in [9.17, 15) is 0 Å². The number of anilines is 1. The van der Waals surface area contributed by atoms with E-state index in [4.69, 9.17) is 9.47 Å². The zero-order chi connectivity index (χ0) is 13.0. The Hall–Kier alpha value is -1.42. The minimum Gasteiger partial charge on any atom is -0.497 e. The van der Waals surface area contributed by atoms with Crippen molar-refractivity contribution >= 4 is 5.69 Å². The second-order valence-electron chi connectivity index (χ2n) is 4.49. The van der Waals surface area contributed by atoms with Crippen molar-refractivity contribution in [2.75, 3.05) is 51.8 Å². The largest absolute Gasteiger partial charge is 0.497 e. The molecule has 0 N–H and O–H groups in total. The third-order valence-corrected chi connectivity index (χ3v) is 3.52. The second-order valence-corrected chi connectivity index (χ2v) is 4.49. The van der Waals surface area contributed by atoms with Crippen LogP contribution in [-0.2, 0) is 0 Å². The summed E-state index contributed by atoms with van der Waals surface area (Å²) in [5.41, 5.74) is 1.18. The molecule has 0 spiro atoms. The molecule has 1 aromatic carbocycles. The van der Waals surface area contributed by atoms with Gasteiger partial charge in [0.25, 0.3) is 0 Å². The topological polar surface area (TPSA) is 24.9 Å². The van der Waals surface area contributed by atoms with Gasteiger partial charge in [-0.3, -0.25) is 0 Å². The van der Waals surface area contributed by atoms with E-state index in [1.54, 1.807) is 14.2 Å². The zero-order valence-electron chi connectivity index (χ0n) is 11.5. The molecule has 1 aromatic rings. The van der Waals surface area contributed by atoms with Crippen molar-refractivity contribution in [2.45, 2.75) is 6.92 Å². The van der Waals surface area contributed by atoms with Gasteiger partial charge in [0, 0.05) is 50.1 Å². The predicted molar refractivity (Wildman–Crippen MR) is 73.9 cm³/mol. The van der Waals surface area contributed by atoms with E-state index in [1.165, 1.54) is 5.69 Å². The predicted octanol–water partition coefficient (Wildman–Crippen LogP) is 1.85. The Morgan fingerprint density at radius 1 is 0.944 bits per heavy atom. The molecule has 18 heavy (non-hydrogen) atoms. The summed E-state index contributed by atoms with van der Waals surface area (Å²) < 4.78 is 10.6. The van der Waals surface area contributed by atoms with E-state index in [2.05, 4.69) is 28.9 Å². The Morgan fingerprint density at radius 2 is 1.50 bits per heavy atom. The number of rotatable bonds is 4. The van der Waals surface area contributed by atoms with Crippen LogP contribution in [0.4, 0.5) is 5.69 Å². The Bertz CT molecular complexity index is 365. The minimum atomic E-state index is 0.849. The number of benzene rings is 1. The van der Waals surface area contributed by atoms with Gasteiger partial charge < -0.3 is 19.3 Å². The number of methoxy groups -OCH3 is 2. The number of hydrogen-bond donors (Lipinski definition) is 0. The van der Waals surface area contributed by atoms with Crippen LogP contribution in [0.25, 0.3) is 0 Å². The number of nitrogens with zero attached hydrogens (tertiary/aromatic N) is 2. The van der Waals surface area contributed by atoms with Crippen LogP contribution in [0.2, 0.25) is 0 Å². The average molecular weight is 250 g/mol. The van der Waals surface area contributed by atoms with E-state index in [-0.39, 0.29) is 0 Å². The smallest absolute Gasteiger partial charge is 0.124 e. The Balaban J connectivity index is 2.13. The van der Waals surface area contributed by atoms with Crippen LogP contribution in [0, 0.1) is 0 Å². The van der Waals surface area contributed by atoms with E-state index >= 15 is 0 Å². The summed E-state index contributed by atoms with van der Waals surface area (Å²) in [6, 6.07) is 6.06. The summed E-state index contributed by atoms with van der Waals surface area (Å²) in [4.78, 5) is 4.85. The lowest BCUT2D eigenvalue weighted by Gasteiger charge is -2.35. The Morgan fingerprint density at radius 3 is 1.94 bits per heavy atom. The third-order valence-electron chi connectivity index (χ3n) is 3.52. The maximum Gasteiger partial charge on any atom is 0.124 e. The molecule has 0 unspecified atom stereocenters. The fraction of sp³-hybridized carbons (Fsp3) is 0.571. The van der Waals surface area contributed by atoms with Gasteiger partial charge in [0.2, 0.25) is 0 Å². The summed E-state index contributed by atoms with van der Waals surface area (Å²) >= 11 is 0. The first-order chi connectivity index (χ1) is 8.76. The second kappa shape index (κ2) is 5.96. The molecule has 4 heteroatoms. The molecule has 0 atom stereocenters.